The van der Waals surface area contributed by atoms with Gasteiger partial charge < -0.3 is 14.6 Å². The Hall–Kier alpha value is -1.36. The number of rotatable bonds is 6. The Balaban J connectivity index is 2.19. The third-order valence-electron chi connectivity index (χ3n) is 2.74. The predicted octanol–water partition coefficient (Wildman–Crippen LogP) is 1.34. The highest BCUT2D eigenvalue weighted by Crippen LogP contribution is 2.20. The summed E-state index contributed by atoms with van der Waals surface area (Å²) < 4.78 is 9.92. The highest BCUT2D eigenvalue weighted by Gasteiger charge is 2.16. The van der Waals surface area contributed by atoms with Crippen LogP contribution in [0.5, 0.6) is 0 Å². The molecule has 18 heavy (non-hydrogen) atoms. The lowest BCUT2D eigenvalue weighted by atomic mass is 9.98. The first-order valence-electron chi connectivity index (χ1n) is 6.38. The topological polar surface area (TPSA) is 72.8 Å². The molecule has 1 fully saturated rings. The van der Waals surface area contributed by atoms with E-state index in [4.69, 9.17) is 14.6 Å². The van der Waals surface area contributed by atoms with Gasteiger partial charge in [0.2, 0.25) is 0 Å². The SMILES string of the molecule is O=C(C=CC(=O)OC1CCCCC1)OCCCO. The van der Waals surface area contributed by atoms with Crippen LogP contribution >= 0.6 is 0 Å². The van der Waals surface area contributed by atoms with E-state index >= 15 is 0 Å². The van der Waals surface area contributed by atoms with E-state index in [9.17, 15) is 9.59 Å². The van der Waals surface area contributed by atoms with Crippen molar-refractivity contribution >= 4 is 11.9 Å². The summed E-state index contributed by atoms with van der Waals surface area (Å²) in [6, 6.07) is 0. The van der Waals surface area contributed by atoms with Gasteiger partial charge in [0.25, 0.3) is 0 Å². The Morgan fingerprint density at radius 1 is 1.11 bits per heavy atom. The van der Waals surface area contributed by atoms with Crippen LogP contribution in [0.4, 0.5) is 0 Å². The van der Waals surface area contributed by atoms with Crippen molar-refractivity contribution in [2.75, 3.05) is 13.2 Å². The van der Waals surface area contributed by atoms with E-state index in [2.05, 4.69) is 0 Å². The number of hydrogen-bond donors (Lipinski definition) is 1. The number of ether oxygens (including phenoxy) is 2. The zero-order valence-corrected chi connectivity index (χ0v) is 10.5. The minimum Gasteiger partial charge on any atom is -0.462 e. The molecular formula is C13H20O5. The van der Waals surface area contributed by atoms with Gasteiger partial charge in [-0.15, -0.1) is 0 Å². The number of aliphatic hydroxyl groups excluding tert-OH is 1. The van der Waals surface area contributed by atoms with Crippen molar-refractivity contribution in [1.82, 2.24) is 0 Å². The number of aliphatic hydroxyl groups is 1. The van der Waals surface area contributed by atoms with Gasteiger partial charge in [-0.05, 0) is 25.7 Å². The van der Waals surface area contributed by atoms with Crippen LogP contribution in [-0.4, -0.2) is 36.4 Å². The first kappa shape index (κ1) is 14.7. The Bertz CT molecular complexity index is 292. The van der Waals surface area contributed by atoms with E-state index in [1.165, 1.54) is 6.42 Å². The molecule has 0 bridgehead atoms. The number of carbonyl (C=O) groups is 2. The second-order valence-electron chi connectivity index (χ2n) is 4.27. The van der Waals surface area contributed by atoms with Gasteiger partial charge in [-0.25, -0.2) is 9.59 Å². The van der Waals surface area contributed by atoms with Crippen LogP contribution in [0.2, 0.25) is 0 Å². The third kappa shape index (κ3) is 6.39. The fourth-order valence-electron chi connectivity index (χ4n) is 1.81. The van der Waals surface area contributed by atoms with Gasteiger partial charge in [0.05, 0.1) is 6.61 Å². The van der Waals surface area contributed by atoms with Gasteiger partial charge in [-0.2, -0.15) is 0 Å². The fourth-order valence-corrected chi connectivity index (χ4v) is 1.81. The van der Waals surface area contributed by atoms with E-state index in [0.717, 1.165) is 37.8 Å². The van der Waals surface area contributed by atoms with E-state index in [-0.39, 0.29) is 19.3 Å². The van der Waals surface area contributed by atoms with E-state index in [1.807, 2.05) is 0 Å². The number of esters is 2. The van der Waals surface area contributed by atoms with E-state index in [1.54, 1.807) is 0 Å². The highest BCUT2D eigenvalue weighted by molar-refractivity contribution is 5.91. The molecule has 1 rings (SSSR count). The summed E-state index contributed by atoms with van der Waals surface area (Å²) in [7, 11) is 0. The smallest absolute Gasteiger partial charge is 0.331 e. The Morgan fingerprint density at radius 2 is 1.78 bits per heavy atom. The standard InChI is InChI=1S/C13H20O5/c14-9-4-10-17-12(15)7-8-13(16)18-11-5-2-1-3-6-11/h7-8,11,14H,1-6,9-10H2. The molecule has 0 radical (unpaired) electrons. The Morgan fingerprint density at radius 3 is 2.44 bits per heavy atom. The van der Waals surface area contributed by atoms with Crippen LogP contribution in [0.3, 0.4) is 0 Å². The molecule has 1 saturated carbocycles. The van der Waals surface area contributed by atoms with Crippen LogP contribution in [0.15, 0.2) is 12.2 Å². The van der Waals surface area contributed by atoms with Crippen LogP contribution in [0.1, 0.15) is 38.5 Å². The molecular weight excluding hydrogens is 236 g/mol. The van der Waals surface area contributed by atoms with Gasteiger partial charge in [0.15, 0.2) is 0 Å². The first-order chi connectivity index (χ1) is 8.72. The third-order valence-corrected chi connectivity index (χ3v) is 2.74. The number of hydrogen-bond acceptors (Lipinski definition) is 5. The second-order valence-corrected chi connectivity index (χ2v) is 4.27. The molecule has 0 amide bonds. The maximum absolute atomic E-state index is 11.4. The highest BCUT2D eigenvalue weighted by atomic mass is 16.5. The molecule has 102 valence electrons. The van der Waals surface area contributed by atoms with Gasteiger partial charge in [-0.1, -0.05) is 6.42 Å². The van der Waals surface area contributed by atoms with Crippen LogP contribution in [0.25, 0.3) is 0 Å². The molecule has 0 saturated heterocycles. The lowest BCUT2D eigenvalue weighted by Crippen LogP contribution is -2.19. The monoisotopic (exact) mass is 256 g/mol. The minimum atomic E-state index is -0.593. The first-order valence-corrected chi connectivity index (χ1v) is 6.38. The van der Waals surface area contributed by atoms with Crippen molar-refractivity contribution in [1.29, 1.82) is 0 Å². The lowest BCUT2D eigenvalue weighted by molar-refractivity contribution is -0.145. The van der Waals surface area contributed by atoms with E-state index < -0.39 is 11.9 Å². The molecule has 0 aromatic heterocycles. The largest absolute Gasteiger partial charge is 0.462 e. The van der Waals surface area contributed by atoms with Crippen LogP contribution in [-0.2, 0) is 19.1 Å². The average Bonchev–Trinajstić information content (AvgIpc) is 2.38. The average molecular weight is 256 g/mol. The van der Waals surface area contributed by atoms with Crippen molar-refractivity contribution in [3.63, 3.8) is 0 Å². The zero-order valence-electron chi connectivity index (χ0n) is 10.5. The molecule has 1 aliphatic rings. The molecule has 1 N–H and O–H groups in total. The quantitative estimate of drug-likeness (QED) is 0.441. The number of carbonyl (C=O) groups excluding carboxylic acids is 2. The zero-order chi connectivity index (χ0) is 13.2. The van der Waals surface area contributed by atoms with Crippen molar-refractivity contribution in [3.05, 3.63) is 12.2 Å². The molecule has 0 unspecified atom stereocenters. The van der Waals surface area contributed by atoms with Crippen molar-refractivity contribution in [3.8, 4) is 0 Å². The van der Waals surface area contributed by atoms with Crippen molar-refractivity contribution < 1.29 is 24.2 Å². The molecule has 0 atom stereocenters. The molecule has 1 aliphatic carbocycles. The lowest BCUT2D eigenvalue weighted by Gasteiger charge is -2.20. The van der Waals surface area contributed by atoms with Gasteiger partial charge >= 0.3 is 11.9 Å². The van der Waals surface area contributed by atoms with E-state index in [0.29, 0.717) is 6.42 Å². The normalized spacial score (nSPS) is 16.7. The summed E-state index contributed by atoms with van der Waals surface area (Å²) in [5.74, 6) is -1.09. The van der Waals surface area contributed by atoms with Gasteiger partial charge in [-0.3, -0.25) is 0 Å². The molecule has 5 nitrogen and oxygen atoms in total. The Labute approximate surface area is 107 Å². The summed E-state index contributed by atoms with van der Waals surface area (Å²) >= 11 is 0. The summed E-state index contributed by atoms with van der Waals surface area (Å²) in [5.41, 5.74) is 0. The molecule has 0 aromatic rings. The summed E-state index contributed by atoms with van der Waals surface area (Å²) in [6.45, 7) is 0.123. The van der Waals surface area contributed by atoms with Gasteiger partial charge in [0, 0.05) is 25.2 Å². The maximum atomic E-state index is 11.4. The minimum absolute atomic E-state index is 0.0127. The fraction of sp³-hybridized carbons (Fsp3) is 0.692. The molecule has 0 heterocycles. The molecule has 5 heteroatoms. The molecule has 0 aliphatic heterocycles. The summed E-state index contributed by atoms with van der Waals surface area (Å²) in [6.07, 6.45) is 7.71. The maximum Gasteiger partial charge on any atom is 0.331 e. The predicted molar refractivity (Wildman–Crippen MR) is 64.8 cm³/mol. The summed E-state index contributed by atoms with van der Waals surface area (Å²) in [5, 5.41) is 8.50. The Kier molecular flexibility index (Phi) is 7.10. The summed E-state index contributed by atoms with van der Waals surface area (Å²) in [4.78, 5) is 22.5. The second kappa shape index (κ2) is 8.69. The molecule has 0 aromatic carbocycles. The van der Waals surface area contributed by atoms with Crippen molar-refractivity contribution in [2.45, 2.75) is 44.6 Å². The van der Waals surface area contributed by atoms with Crippen LogP contribution < -0.4 is 0 Å². The van der Waals surface area contributed by atoms with Crippen molar-refractivity contribution in [2.24, 2.45) is 0 Å². The molecule has 0 spiro atoms. The van der Waals surface area contributed by atoms with Gasteiger partial charge in [0.1, 0.15) is 6.10 Å². The van der Waals surface area contributed by atoms with Crippen LogP contribution in [0, 0.1) is 0 Å².